The summed E-state index contributed by atoms with van der Waals surface area (Å²) in [4.78, 5) is 13.2. The summed E-state index contributed by atoms with van der Waals surface area (Å²) < 4.78 is 0. The molecule has 0 aromatic heterocycles. The van der Waals surface area contributed by atoms with E-state index < -0.39 is 0 Å². The number of benzene rings is 1. The maximum atomic E-state index is 13.2. The zero-order valence-electron chi connectivity index (χ0n) is 15.7. The first-order chi connectivity index (χ1) is 12.2. The van der Waals surface area contributed by atoms with Gasteiger partial charge in [-0.25, -0.2) is 0 Å². The van der Waals surface area contributed by atoms with Crippen LogP contribution < -0.4 is 5.32 Å². The molecule has 0 aliphatic heterocycles. The van der Waals surface area contributed by atoms with Crippen LogP contribution in [0.5, 0.6) is 0 Å². The molecular formula is C23H33NO. The summed E-state index contributed by atoms with van der Waals surface area (Å²) >= 11 is 0. The van der Waals surface area contributed by atoms with Gasteiger partial charge in [0.25, 0.3) is 0 Å². The van der Waals surface area contributed by atoms with E-state index in [1.807, 2.05) is 0 Å². The molecule has 4 saturated carbocycles. The molecule has 0 unspecified atom stereocenters. The summed E-state index contributed by atoms with van der Waals surface area (Å²) in [7, 11) is 0. The number of rotatable bonds is 7. The summed E-state index contributed by atoms with van der Waals surface area (Å²) in [6.07, 6.45) is 12.2. The lowest BCUT2D eigenvalue weighted by molar-refractivity contribution is -0.149. The largest absolute Gasteiger partial charge is 0.356 e. The molecule has 0 radical (unpaired) electrons. The van der Waals surface area contributed by atoms with Crippen LogP contribution in [0.25, 0.3) is 0 Å². The van der Waals surface area contributed by atoms with Crippen molar-refractivity contribution in [2.24, 2.45) is 17.3 Å². The fourth-order valence-corrected chi connectivity index (χ4v) is 6.60. The predicted octanol–water partition coefficient (Wildman–Crippen LogP) is 5.22. The topological polar surface area (TPSA) is 29.1 Å². The van der Waals surface area contributed by atoms with Crippen LogP contribution in [0.2, 0.25) is 0 Å². The molecule has 0 saturated heterocycles. The first-order valence-corrected chi connectivity index (χ1v) is 10.5. The molecule has 2 heteroatoms. The summed E-state index contributed by atoms with van der Waals surface area (Å²) in [5, 5.41) is 3.33. The Morgan fingerprint density at radius 2 is 1.76 bits per heavy atom. The molecule has 1 N–H and O–H groups in total. The van der Waals surface area contributed by atoms with Crippen LogP contribution in [0, 0.1) is 17.3 Å². The molecule has 4 aliphatic rings. The molecule has 2 nitrogen and oxygen atoms in total. The number of hydrogen-bond donors (Lipinski definition) is 1. The number of unbranched alkanes of at least 4 members (excludes halogenated alkanes) is 3. The van der Waals surface area contributed by atoms with Crippen LogP contribution in [-0.4, -0.2) is 12.5 Å². The zero-order chi connectivity index (χ0) is 17.3. The van der Waals surface area contributed by atoms with Crippen molar-refractivity contribution in [3.05, 3.63) is 35.9 Å². The van der Waals surface area contributed by atoms with E-state index in [0.717, 1.165) is 44.1 Å². The van der Waals surface area contributed by atoms with E-state index in [4.69, 9.17) is 0 Å². The van der Waals surface area contributed by atoms with E-state index in [-0.39, 0.29) is 10.8 Å². The quantitative estimate of drug-likeness (QED) is 0.678. The lowest BCUT2D eigenvalue weighted by Crippen LogP contribution is -2.59. The van der Waals surface area contributed by atoms with Gasteiger partial charge in [-0.2, -0.15) is 0 Å². The van der Waals surface area contributed by atoms with Gasteiger partial charge in [-0.3, -0.25) is 4.79 Å². The van der Waals surface area contributed by atoms with Crippen LogP contribution in [0.1, 0.15) is 76.7 Å². The van der Waals surface area contributed by atoms with Crippen molar-refractivity contribution in [3.63, 3.8) is 0 Å². The van der Waals surface area contributed by atoms with E-state index in [2.05, 4.69) is 42.6 Å². The average molecular weight is 340 g/mol. The van der Waals surface area contributed by atoms with Crippen LogP contribution in [0.4, 0.5) is 0 Å². The first kappa shape index (κ1) is 17.1. The molecule has 4 fully saturated rings. The molecule has 1 amide bonds. The Hall–Kier alpha value is -1.31. The molecule has 0 spiro atoms. The van der Waals surface area contributed by atoms with Gasteiger partial charge in [-0.05, 0) is 67.8 Å². The van der Waals surface area contributed by atoms with Gasteiger partial charge in [-0.1, -0.05) is 56.5 Å². The summed E-state index contributed by atoms with van der Waals surface area (Å²) in [5.74, 6) is 1.89. The van der Waals surface area contributed by atoms with Gasteiger partial charge in [0, 0.05) is 6.54 Å². The van der Waals surface area contributed by atoms with Crippen molar-refractivity contribution in [2.45, 2.75) is 76.5 Å². The maximum absolute atomic E-state index is 13.2. The third-order valence-electron chi connectivity index (χ3n) is 7.24. The molecule has 1 aromatic carbocycles. The highest BCUT2D eigenvalue weighted by molar-refractivity contribution is 5.83. The highest BCUT2D eigenvalue weighted by Crippen LogP contribution is 2.65. The third-order valence-corrected chi connectivity index (χ3v) is 7.24. The van der Waals surface area contributed by atoms with Crippen molar-refractivity contribution >= 4 is 5.91 Å². The fourth-order valence-electron chi connectivity index (χ4n) is 6.60. The molecule has 2 atom stereocenters. The van der Waals surface area contributed by atoms with Crippen LogP contribution in [-0.2, 0) is 10.2 Å². The van der Waals surface area contributed by atoms with Crippen molar-refractivity contribution in [3.8, 4) is 0 Å². The standard InChI is InChI=1S/C23H33NO/c1-2-3-4-8-11-24-21(25)23-15-18-12-19(16-23)14-22(13-18,17-23)20-9-6-5-7-10-20/h5-7,9-10,18-19H,2-4,8,11-17H2,1H3,(H,24,25)/t18-,19-,22?,23?/m1/s1. The maximum Gasteiger partial charge on any atom is 0.226 e. The Morgan fingerprint density at radius 1 is 1.04 bits per heavy atom. The third kappa shape index (κ3) is 3.13. The monoisotopic (exact) mass is 339 g/mol. The highest BCUT2D eigenvalue weighted by atomic mass is 16.2. The number of amides is 1. The zero-order valence-corrected chi connectivity index (χ0v) is 15.7. The normalized spacial score (nSPS) is 35.7. The number of carbonyl (C=O) groups excluding carboxylic acids is 1. The fraction of sp³-hybridized carbons (Fsp3) is 0.696. The van der Waals surface area contributed by atoms with E-state index in [0.29, 0.717) is 5.91 Å². The minimum Gasteiger partial charge on any atom is -0.356 e. The predicted molar refractivity (Wildman–Crippen MR) is 102 cm³/mol. The highest BCUT2D eigenvalue weighted by Gasteiger charge is 2.60. The number of hydrogen-bond acceptors (Lipinski definition) is 1. The minimum absolute atomic E-state index is 0.0787. The second kappa shape index (κ2) is 6.78. The van der Waals surface area contributed by atoms with Crippen molar-refractivity contribution in [2.75, 3.05) is 6.54 Å². The lowest BCUT2D eigenvalue weighted by atomic mass is 9.42. The summed E-state index contributed by atoms with van der Waals surface area (Å²) in [6.45, 7) is 3.10. The first-order valence-electron chi connectivity index (χ1n) is 10.5. The Labute approximate surface area is 152 Å². The Balaban J connectivity index is 1.50. The second-order valence-corrected chi connectivity index (χ2v) is 9.20. The van der Waals surface area contributed by atoms with Gasteiger partial charge in [-0.15, -0.1) is 0 Å². The van der Waals surface area contributed by atoms with Gasteiger partial charge < -0.3 is 5.32 Å². The SMILES string of the molecule is CCCCCCNC(=O)C12C[C@@H]3C[C@@H](C1)CC(c1ccccc1)(C3)C2. The summed E-state index contributed by atoms with van der Waals surface area (Å²) in [6, 6.07) is 11.1. The molecular weight excluding hydrogens is 306 g/mol. The van der Waals surface area contributed by atoms with Crippen molar-refractivity contribution in [1.82, 2.24) is 5.32 Å². The minimum atomic E-state index is -0.0787. The number of nitrogens with one attached hydrogen (secondary N) is 1. The molecule has 5 rings (SSSR count). The Kier molecular flexibility index (Phi) is 4.64. The molecule has 136 valence electrons. The van der Waals surface area contributed by atoms with Gasteiger partial charge >= 0.3 is 0 Å². The summed E-state index contributed by atoms with van der Waals surface area (Å²) in [5.41, 5.74) is 1.68. The van der Waals surface area contributed by atoms with E-state index >= 15 is 0 Å². The van der Waals surface area contributed by atoms with E-state index in [1.54, 1.807) is 0 Å². The van der Waals surface area contributed by atoms with Crippen LogP contribution in [0.3, 0.4) is 0 Å². The lowest BCUT2D eigenvalue weighted by Gasteiger charge is -2.61. The Morgan fingerprint density at radius 3 is 2.44 bits per heavy atom. The molecule has 4 aliphatic carbocycles. The number of carbonyl (C=O) groups is 1. The van der Waals surface area contributed by atoms with Gasteiger partial charge in [0.15, 0.2) is 0 Å². The molecule has 1 aromatic rings. The van der Waals surface area contributed by atoms with Gasteiger partial charge in [0.05, 0.1) is 5.41 Å². The van der Waals surface area contributed by atoms with Crippen molar-refractivity contribution < 1.29 is 4.79 Å². The van der Waals surface area contributed by atoms with E-state index in [9.17, 15) is 4.79 Å². The Bertz CT molecular complexity index is 594. The van der Waals surface area contributed by atoms with Gasteiger partial charge in [0.1, 0.15) is 0 Å². The molecule has 25 heavy (non-hydrogen) atoms. The van der Waals surface area contributed by atoms with E-state index in [1.165, 1.54) is 44.1 Å². The van der Waals surface area contributed by atoms with Crippen LogP contribution >= 0.6 is 0 Å². The van der Waals surface area contributed by atoms with Crippen LogP contribution in [0.15, 0.2) is 30.3 Å². The smallest absolute Gasteiger partial charge is 0.226 e. The average Bonchev–Trinajstić information content (AvgIpc) is 2.61. The van der Waals surface area contributed by atoms with Gasteiger partial charge in [0.2, 0.25) is 5.91 Å². The molecule has 4 bridgehead atoms. The second-order valence-electron chi connectivity index (χ2n) is 9.20. The molecule has 0 heterocycles. The van der Waals surface area contributed by atoms with Crippen molar-refractivity contribution in [1.29, 1.82) is 0 Å².